The van der Waals surface area contributed by atoms with Crippen LogP contribution in [-0.4, -0.2) is 19.4 Å². The average molecular weight is 188 g/mol. The van der Waals surface area contributed by atoms with Crippen molar-refractivity contribution in [2.75, 3.05) is 6.26 Å². The van der Waals surface area contributed by atoms with Gasteiger partial charge in [0.15, 0.2) is 9.84 Å². The topological polar surface area (TPSA) is 83.9 Å². The smallest absolute Gasteiger partial charge is 0.158 e. The van der Waals surface area contributed by atoms with E-state index in [0.29, 0.717) is 0 Å². The summed E-state index contributed by atoms with van der Waals surface area (Å²) in [5.41, 5.74) is 5.47. The zero-order valence-electron chi connectivity index (χ0n) is 7.33. The van der Waals surface area contributed by atoms with Crippen molar-refractivity contribution in [1.82, 2.24) is 0 Å². The van der Waals surface area contributed by atoms with E-state index in [1.807, 2.05) is 0 Å². The molecular weight excluding hydrogens is 176 g/mol. The largest absolute Gasteiger partial charge is 0.400 e. The Bertz CT molecular complexity index is 333. The lowest BCUT2D eigenvalue weighted by atomic mass is 10.1. The molecule has 0 fully saturated rings. The molecule has 0 aromatic carbocycles. The van der Waals surface area contributed by atoms with E-state index in [1.54, 1.807) is 6.07 Å². The highest BCUT2D eigenvalue weighted by Crippen LogP contribution is 2.20. The molecule has 12 heavy (non-hydrogen) atoms. The molecule has 0 aliphatic rings. The van der Waals surface area contributed by atoms with Crippen molar-refractivity contribution in [3.63, 3.8) is 0 Å². The first-order valence-electron chi connectivity index (χ1n) is 3.29. The number of nitrogens with zero attached hydrogens (tertiary/aromatic N) is 1. The Hall–Kier alpha value is -1.02. The van der Waals surface area contributed by atoms with E-state index in [-0.39, 0.29) is 5.70 Å². The summed E-state index contributed by atoms with van der Waals surface area (Å²) in [6.07, 6.45) is 2.13. The van der Waals surface area contributed by atoms with Gasteiger partial charge in [0.05, 0.1) is 6.07 Å². The predicted molar refractivity (Wildman–Crippen MR) is 46.8 cm³/mol. The van der Waals surface area contributed by atoms with Gasteiger partial charge in [-0.2, -0.15) is 5.26 Å². The summed E-state index contributed by atoms with van der Waals surface area (Å²) in [4.78, 5) is 0. The molecule has 0 radical (unpaired) electrons. The number of hydrogen-bond donors (Lipinski definition) is 1. The van der Waals surface area contributed by atoms with Crippen LogP contribution in [0.3, 0.4) is 0 Å². The lowest BCUT2D eigenvalue weighted by molar-refractivity contribution is 0.571. The second kappa shape index (κ2) is 3.15. The van der Waals surface area contributed by atoms with Gasteiger partial charge in [0.1, 0.15) is 4.75 Å². The normalized spacial score (nSPS) is 14.0. The minimum Gasteiger partial charge on any atom is -0.400 e. The van der Waals surface area contributed by atoms with Gasteiger partial charge in [0, 0.05) is 18.0 Å². The Morgan fingerprint density at radius 3 is 2.25 bits per heavy atom. The van der Waals surface area contributed by atoms with E-state index in [2.05, 4.69) is 0 Å². The maximum absolute atomic E-state index is 11.1. The number of hydrogen-bond acceptors (Lipinski definition) is 4. The molecule has 0 spiro atoms. The number of sulfone groups is 1. The molecule has 0 atom stereocenters. The van der Waals surface area contributed by atoms with E-state index in [4.69, 9.17) is 11.0 Å². The van der Waals surface area contributed by atoms with Gasteiger partial charge >= 0.3 is 0 Å². The SMILES string of the molecule is CC(C)(/C(N)=C/C#N)S(C)(=O)=O. The molecule has 0 aromatic rings. The summed E-state index contributed by atoms with van der Waals surface area (Å²) in [7, 11) is -3.27. The van der Waals surface area contributed by atoms with Gasteiger partial charge in [-0.05, 0) is 13.8 Å². The van der Waals surface area contributed by atoms with Gasteiger partial charge in [0.2, 0.25) is 0 Å². The van der Waals surface area contributed by atoms with Gasteiger partial charge in [-0.25, -0.2) is 8.42 Å². The quantitative estimate of drug-likeness (QED) is 0.626. The number of nitriles is 1. The van der Waals surface area contributed by atoms with Crippen molar-refractivity contribution < 1.29 is 8.42 Å². The lowest BCUT2D eigenvalue weighted by Crippen LogP contribution is -2.36. The van der Waals surface area contributed by atoms with Crippen LogP contribution in [0.4, 0.5) is 0 Å². The Labute approximate surface area is 72.6 Å². The molecule has 4 nitrogen and oxygen atoms in total. The second-order valence-electron chi connectivity index (χ2n) is 3.01. The highest BCUT2D eigenvalue weighted by molar-refractivity contribution is 7.92. The third-order valence-corrected chi connectivity index (χ3v) is 3.93. The van der Waals surface area contributed by atoms with Crippen LogP contribution < -0.4 is 5.73 Å². The maximum Gasteiger partial charge on any atom is 0.158 e. The monoisotopic (exact) mass is 188 g/mol. The van der Waals surface area contributed by atoms with Crippen LogP contribution in [0.5, 0.6) is 0 Å². The molecule has 0 bridgehead atoms. The molecule has 0 amide bonds. The fraction of sp³-hybridized carbons (Fsp3) is 0.571. The maximum atomic E-state index is 11.1. The summed E-state index contributed by atoms with van der Waals surface area (Å²) < 4.78 is 21.1. The standard InChI is InChI=1S/C7H12N2O2S/c1-7(2,12(3,10)11)6(9)4-5-8/h4H,9H2,1-3H3/b6-4-. The highest BCUT2D eigenvalue weighted by Gasteiger charge is 2.32. The Balaban J connectivity index is 5.18. The molecule has 0 unspecified atom stereocenters. The molecule has 0 saturated carbocycles. The van der Waals surface area contributed by atoms with Crippen molar-refractivity contribution in [2.45, 2.75) is 18.6 Å². The van der Waals surface area contributed by atoms with Gasteiger partial charge in [0.25, 0.3) is 0 Å². The summed E-state index contributed by atoms with van der Waals surface area (Å²) in [6.45, 7) is 2.93. The van der Waals surface area contributed by atoms with Crippen molar-refractivity contribution in [2.24, 2.45) is 5.73 Å². The van der Waals surface area contributed by atoms with E-state index < -0.39 is 14.6 Å². The summed E-state index contributed by atoms with van der Waals surface area (Å²) in [6, 6.07) is 1.69. The van der Waals surface area contributed by atoms with E-state index in [0.717, 1.165) is 12.3 Å². The van der Waals surface area contributed by atoms with Crippen LogP contribution in [0.25, 0.3) is 0 Å². The third kappa shape index (κ3) is 1.98. The average Bonchev–Trinajstić information content (AvgIpc) is 1.85. The predicted octanol–water partition coefficient (Wildman–Crippen LogP) is 0.176. The first kappa shape index (κ1) is 11.0. The zero-order valence-corrected chi connectivity index (χ0v) is 8.14. The molecule has 0 heterocycles. The molecule has 0 aliphatic heterocycles. The van der Waals surface area contributed by atoms with E-state index in [1.165, 1.54) is 13.8 Å². The third-order valence-electron chi connectivity index (χ3n) is 1.84. The van der Waals surface area contributed by atoms with Crippen molar-refractivity contribution in [3.05, 3.63) is 11.8 Å². The minimum atomic E-state index is -3.27. The fourth-order valence-electron chi connectivity index (χ4n) is 0.457. The Kier molecular flexibility index (Phi) is 2.88. The summed E-state index contributed by atoms with van der Waals surface area (Å²) in [5.74, 6) is 0. The molecule has 0 aliphatic carbocycles. The first-order valence-corrected chi connectivity index (χ1v) is 5.18. The molecule has 0 aromatic heterocycles. The van der Waals surface area contributed by atoms with Crippen LogP contribution in [0, 0.1) is 11.3 Å². The Morgan fingerprint density at radius 1 is 1.58 bits per heavy atom. The number of nitrogens with two attached hydrogens (primary N) is 1. The zero-order chi connectivity index (χ0) is 9.99. The molecule has 0 rings (SSSR count). The first-order chi connectivity index (χ1) is 5.23. The summed E-state index contributed by atoms with van der Waals surface area (Å²) >= 11 is 0. The van der Waals surface area contributed by atoms with Gasteiger partial charge < -0.3 is 5.73 Å². The molecule has 2 N–H and O–H groups in total. The molecular formula is C7H12N2O2S. The molecule has 68 valence electrons. The summed E-state index contributed by atoms with van der Waals surface area (Å²) in [5, 5.41) is 8.26. The van der Waals surface area contributed by atoms with Gasteiger partial charge in [-0.15, -0.1) is 0 Å². The van der Waals surface area contributed by atoms with Gasteiger partial charge in [-0.3, -0.25) is 0 Å². The van der Waals surface area contributed by atoms with Gasteiger partial charge in [-0.1, -0.05) is 0 Å². The van der Waals surface area contributed by atoms with E-state index >= 15 is 0 Å². The number of rotatable bonds is 2. The lowest BCUT2D eigenvalue weighted by Gasteiger charge is -2.21. The number of allylic oxidation sites excluding steroid dienone is 1. The van der Waals surface area contributed by atoms with Crippen LogP contribution in [0.15, 0.2) is 11.8 Å². The van der Waals surface area contributed by atoms with Crippen LogP contribution in [0.2, 0.25) is 0 Å². The van der Waals surface area contributed by atoms with Crippen molar-refractivity contribution in [3.8, 4) is 6.07 Å². The highest BCUT2D eigenvalue weighted by atomic mass is 32.2. The minimum absolute atomic E-state index is 0.0625. The van der Waals surface area contributed by atoms with Crippen LogP contribution >= 0.6 is 0 Å². The van der Waals surface area contributed by atoms with Crippen LogP contribution in [-0.2, 0) is 9.84 Å². The molecule has 5 heteroatoms. The van der Waals surface area contributed by atoms with Crippen LogP contribution in [0.1, 0.15) is 13.8 Å². The molecule has 0 saturated heterocycles. The second-order valence-corrected chi connectivity index (χ2v) is 5.58. The van der Waals surface area contributed by atoms with Crippen molar-refractivity contribution >= 4 is 9.84 Å². The Morgan fingerprint density at radius 2 is 2.00 bits per heavy atom. The van der Waals surface area contributed by atoms with Crippen molar-refractivity contribution in [1.29, 1.82) is 5.26 Å². The van der Waals surface area contributed by atoms with E-state index in [9.17, 15) is 8.42 Å². The fourth-order valence-corrected chi connectivity index (χ4v) is 0.944.